The van der Waals surface area contributed by atoms with Crippen LogP contribution in [0.4, 0.5) is 16.2 Å². The molecule has 4 rings (SSSR count). The van der Waals surface area contributed by atoms with Gasteiger partial charge in [-0.05, 0) is 50.2 Å². The van der Waals surface area contributed by atoms with Gasteiger partial charge in [0.15, 0.2) is 5.75 Å². The Morgan fingerprint density at radius 1 is 0.938 bits per heavy atom. The highest BCUT2D eigenvalue weighted by Crippen LogP contribution is 2.30. The molecule has 1 aliphatic rings. The molecule has 3 aromatic rings. The summed E-state index contributed by atoms with van der Waals surface area (Å²) in [6.45, 7) is 3.21. The molecule has 1 atom stereocenters. The molecular formula is C25H23N3O4. The van der Waals surface area contributed by atoms with Crippen molar-refractivity contribution in [3.05, 3.63) is 84.4 Å². The SMILES string of the molecule is Cc1ccc(N2C(=O)N(CC(=O)Nc3ccccc3Oc3ccccc3)C(=O)C2C)cc1. The number of hydrogen-bond donors (Lipinski definition) is 1. The first-order valence-corrected chi connectivity index (χ1v) is 10.3. The predicted octanol–water partition coefficient (Wildman–Crippen LogP) is 4.58. The Balaban J connectivity index is 1.47. The molecule has 0 saturated carbocycles. The van der Waals surface area contributed by atoms with Crippen LogP contribution in [0.5, 0.6) is 11.5 Å². The minimum atomic E-state index is -0.688. The number of carbonyl (C=O) groups is 3. The number of ether oxygens (including phenoxy) is 1. The largest absolute Gasteiger partial charge is 0.455 e. The summed E-state index contributed by atoms with van der Waals surface area (Å²) >= 11 is 0. The Hall–Kier alpha value is -4.13. The fraction of sp³-hybridized carbons (Fsp3) is 0.160. The van der Waals surface area contributed by atoms with E-state index in [9.17, 15) is 14.4 Å². The van der Waals surface area contributed by atoms with Crippen LogP contribution in [0, 0.1) is 6.92 Å². The fourth-order valence-corrected chi connectivity index (χ4v) is 3.52. The van der Waals surface area contributed by atoms with Crippen LogP contribution in [0.1, 0.15) is 12.5 Å². The van der Waals surface area contributed by atoms with Crippen molar-refractivity contribution in [1.29, 1.82) is 0 Å². The molecule has 1 fully saturated rings. The molecule has 0 bridgehead atoms. The number of nitrogens with one attached hydrogen (secondary N) is 1. The van der Waals surface area contributed by atoms with Crippen molar-refractivity contribution in [2.75, 3.05) is 16.8 Å². The van der Waals surface area contributed by atoms with Gasteiger partial charge >= 0.3 is 6.03 Å². The van der Waals surface area contributed by atoms with Gasteiger partial charge in [0.2, 0.25) is 5.91 Å². The van der Waals surface area contributed by atoms with Crippen LogP contribution in [-0.2, 0) is 9.59 Å². The summed E-state index contributed by atoms with van der Waals surface area (Å²) in [6, 6.07) is 22.3. The van der Waals surface area contributed by atoms with Crippen LogP contribution in [0.3, 0.4) is 0 Å². The molecular weight excluding hydrogens is 406 g/mol. The highest BCUT2D eigenvalue weighted by atomic mass is 16.5. The third kappa shape index (κ3) is 4.32. The van der Waals surface area contributed by atoms with Gasteiger partial charge in [0, 0.05) is 5.69 Å². The van der Waals surface area contributed by atoms with Gasteiger partial charge in [0.1, 0.15) is 18.3 Å². The maximum absolute atomic E-state index is 12.9. The van der Waals surface area contributed by atoms with Crippen LogP contribution in [-0.4, -0.2) is 35.3 Å². The van der Waals surface area contributed by atoms with Crippen molar-refractivity contribution in [2.45, 2.75) is 19.9 Å². The topological polar surface area (TPSA) is 79.0 Å². The minimum Gasteiger partial charge on any atom is -0.455 e. The van der Waals surface area contributed by atoms with Crippen molar-refractivity contribution in [3.63, 3.8) is 0 Å². The lowest BCUT2D eigenvalue weighted by Gasteiger charge is -2.19. The highest BCUT2D eigenvalue weighted by Gasteiger charge is 2.44. The highest BCUT2D eigenvalue weighted by molar-refractivity contribution is 6.16. The number of hydrogen-bond acceptors (Lipinski definition) is 4. The Bertz CT molecular complexity index is 1150. The van der Waals surface area contributed by atoms with Gasteiger partial charge in [-0.1, -0.05) is 48.0 Å². The molecule has 0 aliphatic carbocycles. The molecule has 1 N–H and O–H groups in total. The number of anilines is 2. The van der Waals surface area contributed by atoms with Crippen molar-refractivity contribution in [2.24, 2.45) is 0 Å². The van der Waals surface area contributed by atoms with E-state index >= 15 is 0 Å². The van der Waals surface area contributed by atoms with Crippen LogP contribution in [0.2, 0.25) is 0 Å². The third-order valence-electron chi connectivity index (χ3n) is 5.19. The van der Waals surface area contributed by atoms with Gasteiger partial charge < -0.3 is 10.1 Å². The summed E-state index contributed by atoms with van der Waals surface area (Å²) in [4.78, 5) is 40.8. The quantitative estimate of drug-likeness (QED) is 0.582. The summed E-state index contributed by atoms with van der Waals surface area (Å²) < 4.78 is 5.85. The van der Waals surface area contributed by atoms with E-state index in [0.717, 1.165) is 10.5 Å². The van der Waals surface area contributed by atoms with Gasteiger partial charge in [0.25, 0.3) is 5.91 Å². The van der Waals surface area contributed by atoms with Crippen LogP contribution >= 0.6 is 0 Å². The standard InChI is InChI=1S/C25H23N3O4/c1-17-12-14-19(15-13-17)28-18(2)24(30)27(25(28)31)16-23(29)26-21-10-6-7-11-22(21)32-20-8-4-3-5-9-20/h3-15,18H,16H2,1-2H3,(H,26,29). The molecule has 0 aromatic heterocycles. The first-order chi connectivity index (χ1) is 15.4. The molecule has 3 aromatic carbocycles. The number of nitrogens with zero attached hydrogens (tertiary/aromatic N) is 2. The second-order valence-corrected chi connectivity index (χ2v) is 7.55. The summed E-state index contributed by atoms with van der Waals surface area (Å²) in [5, 5.41) is 2.75. The average Bonchev–Trinajstić information content (AvgIpc) is 3.00. The molecule has 0 spiro atoms. The number of carbonyl (C=O) groups excluding carboxylic acids is 3. The summed E-state index contributed by atoms with van der Waals surface area (Å²) in [5.74, 6) is 0.177. The van der Waals surface area contributed by atoms with E-state index in [2.05, 4.69) is 5.32 Å². The van der Waals surface area contributed by atoms with Crippen molar-refractivity contribution in [1.82, 2.24) is 4.90 Å². The first-order valence-electron chi connectivity index (χ1n) is 10.3. The number of rotatable bonds is 6. The lowest BCUT2D eigenvalue weighted by molar-refractivity contribution is -0.130. The monoisotopic (exact) mass is 429 g/mol. The maximum Gasteiger partial charge on any atom is 0.332 e. The smallest absolute Gasteiger partial charge is 0.332 e. The van der Waals surface area contributed by atoms with E-state index in [4.69, 9.17) is 4.74 Å². The van der Waals surface area contributed by atoms with Crippen molar-refractivity contribution >= 4 is 29.2 Å². The zero-order valence-electron chi connectivity index (χ0n) is 17.8. The van der Waals surface area contributed by atoms with Crippen molar-refractivity contribution in [3.8, 4) is 11.5 Å². The zero-order valence-corrected chi connectivity index (χ0v) is 17.8. The maximum atomic E-state index is 12.9. The Kier molecular flexibility index (Phi) is 5.89. The fourth-order valence-electron chi connectivity index (χ4n) is 3.52. The average molecular weight is 429 g/mol. The van der Waals surface area contributed by atoms with E-state index in [1.165, 1.54) is 4.90 Å². The Morgan fingerprint density at radius 3 is 2.31 bits per heavy atom. The van der Waals surface area contributed by atoms with E-state index in [0.29, 0.717) is 22.9 Å². The Labute approximate surface area is 186 Å². The zero-order chi connectivity index (χ0) is 22.7. The molecule has 0 radical (unpaired) electrons. The molecule has 7 nitrogen and oxygen atoms in total. The lowest BCUT2D eigenvalue weighted by Crippen LogP contribution is -2.39. The lowest BCUT2D eigenvalue weighted by atomic mass is 10.2. The molecule has 1 aliphatic heterocycles. The molecule has 1 unspecified atom stereocenters. The summed E-state index contributed by atoms with van der Waals surface area (Å²) in [6.07, 6.45) is 0. The van der Waals surface area contributed by atoms with E-state index in [-0.39, 0.29) is 6.54 Å². The van der Waals surface area contributed by atoms with Gasteiger partial charge in [-0.3, -0.25) is 19.4 Å². The van der Waals surface area contributed by atoms with Crippen LogP contribution in [0.15, 0.2) is 78.9 Å². The van der Waals surface area contributed by atoms with E-state index in [1.807, 2.05) is 37.3 Å². The normalized spacial score (nSPS) is 15.8. The first kappa shape index (κ1) is 21.1. The van der Waals surface area contributed by atoms with Crippen LogP contribution < -0.4 is 15.0 Å². The number of urea groups is 1. The minimum absolute atomic E-state index is 0.385. The molecule has 162 valence electrons. The van der Waals surface area contributed by atoms with E-state index in [1.54, 1.807) is 55.5 Å². The number of benzene rings is 3. The molecule has 7 heteroatoms. The second kappa shape index (κ2) is 8.93. The van der Waals surface area contributed by atoms with Gasteiger partial charge in [-0.15, -0.1) is 0 Å². The number of imide groups is 1. The predicted molar refractivity (Wildman–Crippen MR) is 122 cm³/mol. The second-order valence-electron chi connectivity index (χ2n) is 7.55. The van der Waals surface area contributed by atoms with Gasteiger partial charge in [0.05, 0.1) is 5.69 Å². The number of amides is 4. The van der Waals surface area contributed by atoms with Crippen LogP contribution in [0.25, 0.3) is 0 Å². The van der Waals surface area contributed by atoms with Crippen molar-refractivity contribution < 1.29 is 19.1 Å². The van der Waals surface area contributed by atoms with Gasteiger partial charge in [-0.25, -0.2) is 4.79 Å². The molecule has 4 amide bonds. The molecule has 32 heavy (non-hydrogen) atoms. The summed E-state index contributed by atoms with van der Waals surface area (Å²) in [5.41, 5.74) is 2.11. The van der Waals surface area contributed by atoms with E-state index < -0.39 is 23.9 Å². The van der Waals surface area contributed by atoms with Gasteiger partial charge in [-0.2, -0.15) is 0 Å². The Morgan fingerprint density at radius 2 is 1.59 bits per heavy atom. The number of aryl methyl sites for hydroxylation is 1. The molecule has 1 saturated heterocycles. The number of para-hydroxylation sites is 3. The molecule has 1 heterocycles. The third-order valence-corrected chi connectivity index (χ3v) is 5.19. The summed E-state index contributed by atoms with van der Waals surface area (Å²) in [7, 11) is 0.